The number of halogens is 1. The van der Waals surface area contributed by atoms with Crippen molar-refractivity contribution >= 4 is 23.0 Å². The predicted octanol–water partition coefficient (Wildman–Crippen LogP) is 4.69. The molecule has 10 nitrogen and oxygen atoms in total. The minimum absolute atomic E-state index is 0.0333. The molecule has 0 bridgehead atoms. The maximum absolute atomic E-state index is 14.8. The molecule has 0 aliphatic heterocycles. The molecule has 1 saturated carbocycles. The van der Waals surface area contributed by atoms with Gasteiger partial charge in [-0.15, -0.1) is 4.80 Å². The number of anilines is 3. The number of nitrogens with zero attached hydrogens (tertiary/aromatic N) is 5. The van der Waals surface area contributed by atoms with Crippen molar-refractivity contribution in [2.24, 2.45) is 11.5 Å². The van der Waals surface area contributed by atoms with E-state index in [0.29, 0.717) is 29.4 Å². The third-order valence-corrected chi connectivity index (χ3v) is 6.57. The van der Waals surface area contributed by atoms with E-state index in [1.54, 1.807) is 25.7 Å². The molecule has 1 aliphatic carbocycles. The molecule has 1 aliphatic rings. The Labute approximate surface area is 233 Å². The molecule has 0 amide bonds. The Hall–Kier alpha value is -4.35. The van der Waals surface area contributed by atoms with E-state index < -0.39 is 5.82 Å². The Morgan fingerprint density at radius 2 is 1.85 bits per heavy atom. The highest BCUT2D eigenvalue weighted by Gasteiger charge is 2.24. The van der Waals surface area contributed by atoms with Gasteiger partial charge in [-0.1, -0.05) is 49.8 Å². The number of rotatable bonds is 8. The van der Waals surface area contributed by atoms with E-state index in [4.69, 9.17) is 16.2 Å². The molecule has 210 valence electrons. The van der Waals surface area contributed by atoms with Crippen molar-refractivity contribution in [3.05, 3.63) is 90.3 Å². The van der Waals surface area contributed by atoms with E-state index in [0.717, 1.165) is 31.4 Å². The first-order chi connectivity index (χ1) is 19.4. The van der Waals surface area contributed by atoms with Gasteiger partial charge in [-0.3, -0.25) is 4.98 Å². The molecule has 3 heterocycles. The summed E-state index contributed by atoms with van der Waals surface area (Å²) >= 11 is 0. The number of hydrogen-bond acceptors (Lipinski definition) is 9. The fourth-order valence-corrected chi connectivity index (χ4v) is 4.45. The number of nitrogens with one attached hydrogen (secondary N) is 2. The summed E-state index contributed by atoms with van der Waals surface area (Å²) < 4.78 is 19.7. The highest BCUT2D eigenvalue weighted by molar-refractivity contribution is 5.76. The maximum atomic E-state index is 14.8. The average molecular weight is 546 g/mol. The van der Waals surface area contributed by atoms with Crippen LogP contribution in [0, 0.1) is 12.7 Å². The molecule has 0 saturated heterocycles. The zero-order chi connectivity index (χ0) is 28.5. The lowest BCUT2D eigenvalue weighted by atomic mass is 9.91. The molecule has 1 aromatic carbocycles. The molecular weight excluding hydrogens is 509 g/mol. The number of hydrogen-bond donors (Lipinski definition) is 4. The van der Waals surface area contributed by atoms with E-state index in [1.165, 1.54) is 16.4 Å². The van der Waals surface area contributed by atoms with E-state index in [-0.39, 0.29) is 23.6 Å². The van der Waals surface area contributed by atoms with Crippen LogP contribution in [0.1, 0.15) is 42.5 Å². The van der Waals surface area contributed by atoms with Crippen LogP contribution in [0.15, 0.2) is 67.6 Å². The summed E-state index contributed by atoms with van der Waals surface area (Å²) in [5.41, 5.74) is 16.0. The van der Waals surface area contributed by atoms with Crippen molar-refractivity contribution in [2.45, 2.75) is 51.3 Å². The van der Waals surface area contributed by atoms with Gasteiger partial charge in [0, 0.05) is 30.5 Å². The molecule has 3 aromatic heterocycles. The van der Waals surface area contributed by atoms with Gasteiger partial charge in [0.25, 0.3) is 0 Å². The fourth-order valence-electron chi connectivity index (χ4n) is 4.45. The lowest BCUT2D eigenvalue weighted by Crippen LogP contribution is -2.43. The van der Waals surface area contributed by atoms with Crippen molar-refractivity contribution in [2.75, 3.05) is 17.7 Å². The van der Waals surface area contributed by atoms with Crippen molar-refractivity contribution in [1.82, 2.24) is 25.0 Å². The predicted molar refractivity (Wildman–Crippen MR) is 156 cm³/mol. The SMILES string of the molecule is C=C(N)c1cc(F)c(NC2CCCCC2N)nc1Nc1cnc(C)c(-n2nccn2)c1.COCc1ccccc1. The second kappa shape index (κ2) is 13.6. The van der Waals surface area contributed by atoms with Crippen LogP contribution < -0.4 is 22.1 Å². The number of aromatic nitrogens is 5. The van der Waals surface area contributed by atoms with Crippen LogP contribution >= 0.6 is 0 Å². The molecule has 2 unspecified atom stereocenters. The third-order valence-electron chi connectivity index (χ3n) is 6.57. The van der Waals surface area contributed by atoms with Gasteiger partial charge in [0.2, 0.25) is 0 Å². The normalized spacial score (nSPS) is 16.5. The Morgan fingerprint density at radius 3 is 2.52 bits per heavy atom. The van der Waals surface area contributed by atoms with Gasteiger partial charge < -0.3 is 26.8 Å². The Balaban J connectivity index is 0.000000350. The molecule has 2 atom stereocenters. The van der Waals surface area contributed by atoms with Crippen molar-refractivity contribution < 1.29 is 9.13 Å². The first-order valence-corrected chi connectivity index (χ1v) is 13.2. The first-order valence-electron chi connectivity index (χ1n) is 13.2. The molecular formula is C29H36FN9O. The second-order valence-electron chi connectivity index (χ2n) is 9.63. The molecule has 5 rings (SSSR count). The number of aryl methyl sites for hydroxylation is 1. The van der Waals surface area contributed by atoms with Gasteiger partial charge in [-0.2, -0.15) is 10.2 Å². The minimum atomic E-state index is -0.506. The van der Waals surface area contributed by atoms with Crippen LogP contribution in [-0.4, -0.2) is 44.2 Å². The number of pyridine rings is 2. The van der Waals surface area contributed by atoms with Crippen molar-refractivity contribution in [3.63, 3.8) is 0 Å². The smallest absolute Gasteiger partial charge is 0.166 e. The molecule has 11 heteroatoms. The number of nitrogens with two attached hydrogens (primary N) is 2. The summed E-state index contributed by atoms with van der Waals surface area (Å²) in [6.07, 6.45) is 8.74. The molecule has 1 fully saturated rings. The average Bonchev–Trinajstić information content (AvgIpc) is 3.48. The second-order valence-corrected chi connectivity index (χ2v) is 9.63. The fraction of sp³-hybridized carbons (Fsp3) is 0.310. The third kappa shape index (κ3) is 7.39. The highest BCUT2D eigenvalue weighted by atomic mass is 19.1. The molecule has 40 heavy (non-hydrogen) atoms. The monoisotopic (exact) mass is 545 g/mol. The van der Waals surface area contributed by atoms with E-state index >= 15 is 0 Å². The van der Waals surface area contributed by atoms with Crippen LogP contribution in [0.2, 0.25) is 0 Å². The van der Waals surface area contributed by atoms with Crippen LogP contribution in [0.25, 0.3) is 11.4 Å². The lowest BCUT2D eigenvalue weighted by molar-refractivity contribution is 0.185. The van der Waals surface area contributed by atoms with Crippen molar-refractivity contribution in [1.29, 1.82) is 0 Å². The number of methoxy groups -OCH3 is 1. The number of benzene rings is 1. The van der Waals surface area contributed by atoms with Gasteiger partial charge in [0.05, 0.1) is 36.6 Å². The minimum Gasteiger partial charge on any atom is -0.399 e. The highest BCUT2D eigenvalue weighted by Crippen LogP contribution is 2.29. The Kier molecular flexibility index (Phi) is 9.76. The van der Waals surface area contributed by atoms with E-state index in [1.807, 2.05) is 43.3 Å². The summed E-state index contributed by atoms with van der Waals surface area (Å²) in [5.74, 6) is -0.0110. The van der Waals surface area contributed by atoms with Crippen LogP contribution in [0.3, 0.4) is 0 Å². The zero-order valence-corrected chi connectivity index (χ0v) is 22.8. The van der Waals surface area contributed by atoms with Crippen LogP contribution in [-0.2, 0) is 11.3 Å². The van der Waals surface area contributed by atoms with Crippen LogP contribution in [0.4, 0.5) is 21.7 Å². The maximum Gasteiger partial charge on any atom is 0.166 e. The summed E-state index contributed by atoms with van der Waals surface area (Å²) in [7, 11) is 1.70. The van der Waals surface area contributed by atoms with E-state index in [9.17, 15) is 4.39 Å². The Bertz CT molecular complexity index is 1400. The Morgan fingerprint density at radius 1 is 1.12 bits per heavy atom. The molecule has 0 radical (unpaired) electrons. The molecule has 6 N–H and O–H groups in total. The summed E-state index contributed by atoms with van der Waals surface area (Å²) in [6, 6.07) is 13.2. The summed E-state index contributed by atoms with van der Waals surface area (Å²) in [5, 5.41) is 14.7. The van der Waals surface area contributed by atoms with E-state index in [2.05, 4.69) is 37.4 Å². The first kappa shape index (κ1) is 28.7. The lowest BCUT2D eigenvalue weighted by Gasteiger charge is -2.30. The molecule has 0 spiro atoms. The summed E-state index contributed by atoms with van der Waals surface area (Å²) in [4.78, 5) is 10.3. The topological polar surface area (TPSA) is 142 Å². The molecule has 4 aromatic rings. The van der Waals surface area contributed by atoms with Crippen LogP contribution in [0.5, 0.6) is 0 Å². The zero-order valence-electron chi connectivity index (χ0n) is 22.8. The van der Waals surface area contributed by atoms with Crippen molar-refractivity contribution in [3.8, 4) is 5.69 Å². The van der Waals surface area contributed by atoms with Gasteiger partial charge in [-0.25, -0.2) is 9.37 Å². The number of ether oxygens (including phenoxy) is 1. The standard InChI is InChI=1S/C21H26FN9.C8H10O/c1-12(23)15-10-16(22)21(29-18-6-4-3-5-17(18)24)30-20(15)28-14-9-19(13(2)25-11-14)31-26-7-8-27-31;1-9-7-8-5-3-2-4-6-8/h7-11,17-18H,1,3-6,23-24H2,2H3,(H2,28,29,30);2-6H,7H2,1H3. The largest absolute Gasteiger partial charge is 0.399 e. The van der Waals surface area contributed by atoms with Gasteiger partial charge in [0.15, 0.2) is 11.6 Å². The quantitative estimate of drug-likeness (QED) is 0.248. The van der Waals surface area contributed by atoms with Gasteiger partial charge >= 0.3 is 0 Å². The van der Waals surface area contributed by atoms with Gasteiger partial charge in [-0.05, 0) is 37.5 Å². The van der Waals surface area contributed by atoms with Gasteiger partial charge in [0.1, 0.15) is 11.5 Å². The summed E-state index contributed by atoms with van der Waals surface area (Å²) in [6.45, 7) is 6.32.